The molecule has 10 heteroatoms. The lowest BCUT2D eigenvalue weighted by molar-refractivity contribution is -0.132. The van der Waals surface area contributed by atoms with E-state index in [0.29, 0.717) is 49.5 Å². The molecule has 0 atom stereocenters. The Hall–Kier alpha value is -3.11. The average Bonchev–Trinajstić information content (AvgIpc) is 3.15. The summed E-state index contributed by atoms with van der Waals surface area (Å²) in [5, 5.41) is 0. The number of piperazine rings is 1. The molecule has 2 aromatic carbocycles. The Morgan fingerprint density at radius 2 is 1.73 bits per heavy atom. The van der Waals surface area contributed by atoms with Gasteiger partial charge in [0.15, 0.2) is 5.58 Å². The topological polar surface area (TPSA) is 102 Å². The number of rotatable bonds is 8. The quantitative estimate of drug-likeness (QED) is 0.498. The van der Waals surface area contributed by atoms with Gasteiger partial charge in [-0.1, -0.05) is 12.1 Å². The van der Waals surface area contributed by atoms with E-state index in [1.54, 1.807) is 41.3 Å². The van der Waals surface area contributed by atoms with E-state index >= 15 is 0 Å². The van der Waals surface area contributed by atoms with Crippen molar-refractivity contribution in [2.45, 2.75) is 31.2 Å². The van der Waals surface area contributed by atoms with Gasteiger partial charge in [-0.15, -0.1) is 0 Å². The number of carbonyl (C=O) groups excluding carboxylic acids is 1. The van der Waals surface area contributed by atoms with Gasteiger partial charge in [-0.2, -0.15) is 4.31 Å². The van der Waals surface area contributed by atoms with Crippen molar-refractivity contribution < 1.29 is 22.4 Å². The first kappa shape index (κ1) is 23.1. The first-order chi connectivity index (χ1) is 15.9. The van der Waals surface area contributed by atoms with Crippen LogP contribution in [0.4, 0.5) is 0 Å². The maximum atomic E-state index is 12.9. The van der Waals surface area contributed by atoms with Gasteiger partial charge in [0, 0.05) is 39.1 Å². The second-order valence-corrected chi connectivity index (χ2v) is 9.72. The van der Waals surface area contributed by atoms with E-state index in [1.165, 1.54) is 8.87 Å². The van der Waals surface area contributed by atoms with Crippen LogP contribution in [0.1, 0.15) is 19.8 Å². The van der Waals surface area contributed by atoms with Gasteiger partial charge in [0.1, 0.15) is 5.75 Å². The first-order valence-corrected chi connectivity index (χ1v) is 12.4. The molecule has 176 valence electrons. The number of benzene rings is 2. The summed E-state index contributed by atoms with van der Waals surface area (Å²) in [6, 6.07) is 13.5. The second-order valence-electron chi connectivity index (χ2n) is 7.78. The summed E-state index contributed by atoms with van der Waals surface area (Å²) in [6.45, 7) is 3.92. The van der Waals surface area contributed by atoms with Crippen LogP contribution in [0, 0.1) is 0 Å². The molecular weight excluding hydrogens is 446 g/mol. The first-order valence-electron chi connectivity index (χ1n) is 11.0. The standard InChI is InChI=1S/C23H27N3O6S/c1-2-31-18-9-11-19(12-10-18)33(29,30)25-16-14-24(15-17-25)22(27)8-5-13-26-20-6-3-4-7-21(20)32-23(26)28/h3-4,6-7,9-12H,2,5,8,13-17H2,1H3. The number of oxazole rings is 1. The highest BCUT2D eigenvalue weighted by Gasteiger charge is 2.30. The number of aromatic nitrogens is 1. The van der Waals surface area contributed by atoms with Crippen molar-refractivity contribution in [3.63, 3.8) is 0 Å². The number of hydrogen-bond acceptors (Lipinski definition) is 6. The molecule has 2 heterocycles. The molecule has 0 N–H and O–H groups in total. The number of carbonyl (C=O) groups is 1. The fraction of sp³-hybridized carbons (Fsp3) is 0.391. The molecule has 1 amide bonds. The number of fused-ring (bicyclic) bond motifs is 1. The number of aryl methyl sites for hydroxylation is 1. The third-order valence-electron chi connectivity index (χ3n) is 5.71. The summed E-state index contributed by atoms with van der Waals surface area (Å²) in [5.74, 6) is 0.142. The Labute approximate surface area is 192 Å². The average molecular weight is 474 g/mol. The number of para-hydroxylation sites is 2. The zero-order valence-corrected chi connectivity index (χ0v) is 19.3. The Morgan fingerprint density at radius 3 is 2.42 bits per heavy atom. The number of amides is 1. The van der Waals surface area contributed by atoms with Crippen LogP contribution in [0.5, 0.6) is 5.75 Å². The van der Waals surface area contributed by atoms with Gasteiger partial charge >= 0.3 is 5.76 Å². The predicted molar refractivity (Wildman–Crippen MR) is 123 cm³/mol. The van der Waals surface area contributed by atoms with E-state index in [2.05, 4.69) is 0 Å². The minimum Gasteiger partial charge on any atom is -0.494 e. The van der Waals surface area contributed by atoms with E-state index in [-0.39, 0.29) is 30.3 Å². The molecule has 0 unspecified atom stereocenters. The van der Waals surface area contributed by atoms with E-state index in [1.807, 2.05) is 19.1 Å². The lowest BCUT2D eigenvalue weighted by Crippen LogP contribution is -2.50. The Kier molecular flexibility index (Phi) is 6.85. The SMILES string of the molecule is CCOc1ccc(S(=O)(=O)N2CCN(C(=O)CCCn3c(=O)oc4ccccc43)CC2)cc1. The fourth-order valence-electron chi connectivity index (χ4n) is 3.97. The van der Waals surface area contributed by atoms with Crippen LogP contribution >= 0.6 is 0 Å². The summed E-state index contributed by atoms with van der Waals surface area (Å²) < 4.78 is 39.4. The smallest absolute Gasteiger partial charge is 0.419 e. The van der Waals surface area contributed by atoms with Crippen molar-refractivity contribution in [3.8, 4) is 5.75 Å². The molecule has 9 nitrogen and oxygen atoms in total. The molecule has 33 heavy (non-hydrogen) atoms. The monoisotopic (exact) mass is 473 g/mol. The summed E-state index contributed by atoms with van der Waals surface area (Å²) in [6.07, 6.45) is 0.768. The van der Waals surface area contributed by atoms with Gasteiger partial charge in [0.25, 0.3) is 0 Å². The molecule has 1 aromatic heterocycles. The molecule has 4 rings (SSSR count). The number of nitrogens with zero attached hydrogens (tertiary/aromatic N) is 3. The van der Waals surface area contributed by atoms with Crippen molar-refractivity contribution in [3.05, 3.63) is 59.1 Å². The van der Waals surface area contributed by atoms with Crippen molar-refractivity contribution in [2.75, 3.05) is 32.8 Å². The van der Waals surface area contributed by atoms with Crippen LogP contribution in [-0.2, 0) is 21.4 Å². The summed E-state index contributed by atoms with van der Waals surface area (Å²) in [4.78, 5) is 26.6. The molecule has 1 fully saturated rings. The highest BCUT2D eigenvalue weighted by Crippen LogP contribution is 2.21. The lowest BCUT2D eigenvalue weighted by Gasteiger charge is -2.34. The highest BCUT2D eigenvalue weighted by atomic mass is 32.2. The maximum absolute atomic E-state index is 12.9. The largest absolute Gasteiger partial charge is 0.494 e. The normalized spacial score (nSPS) is 15.1. The Balaban J connectivity index is 1.29. The van der Waals surface area contributed by atoms with Gasteiger partial charge in [-0.3, -0.25) is 9.36 Å². The van der Waals surface area contributed by atoms with Gasteiger partial charge in [-0.25, -0.2) is 13.2 Å². The third-order valence-corrected chi connectivity index (χ3v) is 7.62. The Morgan fingerprint density at radius 1 is 1.03 bits per heavy atom. The number of hydrogen-bond donors (Lipinski definition) is 0. The van der Waals surface area contributed by atoms with Crippen molar-refractivity contribution in [1.82, 2.24) is 13.8 Å². The Bertz CT molecular complexity index is 1270. The predicted octanol–water partition coefficient (Wildman–Crippen LogP) is 2.31. The number of sulfonamides is 1. The molecule has 1 saturated heterocycles. The summed E-state index contributed by atoms with van der Waals surface area (Å²) in [7, 11) is -3.62. The highest BCUT2D eigenvalue weighted by molar-refractivity contribution is 7.89. The van der Waals surface area contributed by atoms with Crippen LogP contribution in [0.2, 0.25) is 0 Å². The molecule has 1 aliphatic rings. The molecular formula is C23H27N3O6S. The van der Waals surface area contributed by atoms with E-state index in [9.17, 15) is 18.0 Å². The van der Waals surface area contributed by atoms with Crippen LogP contribution < -0.4 is 10.5 Å². The van der Waals surface area contributed by atoms with Gasteiger partial charge < -0.3 is 14.1 Å². The van der Waals surface area contributed by atoms with E-state index in [0.717, 1.165) is 0 Å². The third kappa shape index (κ3) is 4.96. The van der Waals surface area contributed by atoms with Gasteiger partial charge in [0.2, 0.25) is 15.9 Å². The molecule has 1 aliphatic heterocycles. The van der Waals surface area contributed by atoms with Crippen LogP contribution in [-0.4, -0.2) is 60.9 Å². The van der Waals surface area contributed by atoms with Crippen LogP contribution in [0.15, 0.2) is 62.6 Å². The minimum absolute atomic E-state index is 0.0473. The van der Waals surface area contributed by atoms with Gasteiger partial charge in [0.05, 0.1) is 17.0 Å². The molecule has 3 aromatic rings. The lowest BCUT2D eigenvalue weighted by atomic mass is 10.2. The number of ether oxygens (including phenoxy) is 1. The fourth-order valence-corrected chi connectivity index (χ4v) is 5.40. The summed E-state index contributed by atoms with van der Waals surface area (Å²) >= 11 is 0. The maximum Gasteiger partial charge on any atom is 0.419 e. The van der Waals surface area contributed by atoms with Gasteiger partial charge in [-0.05, 0) is 49.7 Å². The van der Waals surface area contributed by atoms with Crippen molar-refractivity contribution in [2.24, 2.45) is 0 Å². The van der Waals surface area contributed by atoms with E-state index in [4.69, 9.17) is 9.15 Å². The zero-order valence-electron chi connectivity index (χ0n) is 18.5. The second kappa shape index (κ2) is 9.80. The molecule has 0 aliphatic carbocycles. The van der Waals surface area contributed by atoms with E-state index < -0.39 is 15.8 Å². The molecule has 0 bridgehead atoms. The van der Waals surface area contributed by atoms with Crippen molar-refractivity contribution in [1.29, 1.82) is 0 Å². The zero-order chi connectivity index (χ0) is 23.4. The molecule has 0 radical (unpaired) electrons. The minimum atomic E-state index is -3.62. The molecule has 0 saturated carbocycles. The van der Waals surface area contributed by atoms with Crippen molar-refractivity contribution >= 4 is 27.0 Å². The van der Waals surface area contributed by atoms with Crippen LogP contribution in [0.3, 0.4) is 0 Å². The van der Waals surface area contributed by atoms with Crippen LogP contribution in [0.25, 0.3) is 11.1 Å². The summed E-state index contributed by atoms with van der Waals surface area (Å²) in [5.41, 5.74) is 1.24. The molecule has 0 spiro atoms.